The summed E-state index contributed by atoms with van der Waals surface area (Å²) in [6.07, 6.45) is 6.45. The molecule has 3 aliphatic carbocycles. The number of halogens is 1. The van der Waals surface area contributed by atoms with E-state index in [0.29, 0.717) is 11.8 Å². The Morgan fingerprint density at radius 3 is 2.36 bits per heavy atom. The van der Waals surface area contributed by atoms with Gasteiger partial charge in [-0.05, 0) is 37.5 Å². The molecule has 0 amide bonds. The third-order valence-corrected chi connectivity index (χ3v) is 3.93. The normalized spacial score (nSPS) is 38.6. The second kappa shape index (κ2) is 3.21. The standard InChI is InChI=1S/C11H17FO2/c12-5-3-1-2-4-10-6-11(7-10,8-10)9(13)14/h1-8H2,(H,13,14). The Bertz CT molecular complexity index is 230. The van der Waals surface area contributed by atoms with Crippen molar-refractivity contribution in [3.05, 3.63) is 0 Å². The minimum absolute atomic E-state index is 0.216. The van der Waals surface area contributed by atoms with Gasteiger partial charge in [0, 0.05) is 0 Å². The van der Waals surface area contributed by atoms with Crippen LogP contribution in [0.2, 0.25) is 0 Å². The van der Waals surface area contributed by atoms with Gasteiger partial charge in [-0.25, -0.2) is 0 Å². The molecule has 0 heterocycles. The number of carboxylic acid groups (broad SMARTS) is 1. The molecule has 2 bridgehead atoms. The van der Waals surface area contributed by atoms with Crippen LogP contribution in [0.15, 0.2) is 0 Å². The maximum absolute atomic E-state index is 11.8. The summed E-state index contributed by atoms with van der Waals surface area (Å²) >= 11 is 0. The number of carboxylic acids is 1. The van der Waals surface area contributed by atoms with Gasteiger partial charge in [0.2, 0.25) is 0 Å². The average molecular weight is 200 g/mol. The van der Waals surface area contributed by atoms with Crippen molar-refractivity contribution in [1.82, 2.24) is 0 Å². The maximum atomic E-state index is 11.8. The lowest BCUT2D eigenvalue weighted by Crippen LogP contribution is -2.65. The fourth-order valence-corrected chi connectivity index (χ4v) is 3.26. The lowest BCUT2D eigenvalue weighted by atomic mass is 9.34. The summed E-state index contributed by atoms with van der Waals surface area (Å²) in [4.78, 5) is 10.8. The van der Waals surface area contributed by atoms with Crippen LogP contribution in [0.3, 0.4) is 0 Å². The number of alkyl halides is 1. The van der Waals surface area contributed by atoms with Crippen molar-refractivity contribution in [2.24, 2.45) is 10.8 Å². The highest BCUT2D eigenvalue weighted by molar-refractivity contribution is 5.79. The highest BCUT2D eigenvalue weighted by Gasteiger charge is 2.70. The Kier molecular flexibility index (Phi) is 2.28. The lowest BCUT2D eigenvalue weighted by molar-refractivity contribution is -0.225. The Hall–Kier alpha value is -0.600. The minimum Gasteiger partial charge on any atom is -0.481 e. The van der Waals surface area contributed by atoms with Crippen LogP contribution in [0.1, 0.15) is 44.9 Å². The summed E-state index contributed by atoms with van der Waals surface area (Å²) in [6.45, 7) is -0.216. The van der Waals surface area contributed by atoms with Gasteiger partial charge in [0.1, 0.15) is 0 Å². The second-order valence-corrected chi connectivity index (χ2v) is 5.12. The maximum Gasteiger partial charge on any atom is 0.309 e. The molecule has 3 fully saturated rings. The molecule has 3 rings (SSSR count). The van der Waals surface area contributed by atoms with Gasteiger partial charge in [0.05, 0.1) is 12.1 Å². The summed E-state index contributed by atoms with van der Waals surface area (Å²) in [5.41, 5.74) is 0.0226. The molecule has 0 saturated heterocycles. The first-order valence-corrected chi connectivity index (χ1v) is 5.42. The summed E-state index contributed by atoms with van der Waals surface area (Å²) in [6, 6.07) is 0. The van der Waals surface area contributed by atoms with E-state index in [1.165, 1.54) is 0 Å². The van der Waals surface area contributed by atoms with Crippen molar-refractivity contribution < 1.29 is 14.3 Å². The van der Waals surface area contributed by atoms with Crippen LogP contribution in [0.4, 0.5) is 4.39 Å². The van der Waals surface area contributed by atoms with Gasteiger partial charge in [-0.15, -0.1) is 0 Å². The van der Waals surface area contributed by atoms with Gasteiger partial charge in [-0.3, -0.25) is 9.18 Å². The third-order valence-electron chi connectivity index (χ3n) is 3.93. The van der Waals surface area contributed by atoms with Gasteiger partial charge in [-0.2, -0.15) is 0 Å². The zero-order valence-corrected chi connectivity index (χ0v) is 8.39. The molecule has 3 saturated carbocycles. The SMILES string of the molecule is O=C(O)C12CC(CCCCCF)(C1)C2. The zero-order chi connectivity index (χ0) is 10.2. The van der Waals surface area contributed by atoms with Crippen molar-refractivity contribution >= 4 is 5.97 Å². The van der Waals surface area contributed by atoms with Crippen molar-refractivity contribution in [3.8, 4) is 0 Å². The molecule has 0 atom stereocenters. The summed E-state index contributed by atoms with van der Waals surface area (Å²) < 4.78 is 11.8. The molecule has 0 aromatic rings. The molecule has 14 heavy (non-hydrogen) atoms. The van der Waals surface area contributed by atoms with E-state index in [1.807, 2.05) is 0 Å². The molecule has 3 heteroatoms. The number of carbonyl (C=O) groups is 1. The second-order valence-electron chi connectivity index (χ2n) is 5.12. The molecule has 3 aliphatic rings. The molecule has 0 unspecified atom stereocenters. The summed E-state index contributed by atoms with van der Waals surface area (Å²) in [5.74, 6) is -0.608. The lowest BCUT2D eigenvalue weighted by Gasteiger charge is -2.68. The Labute approximate surface area is 83.5 Å². The van der Waals surface area contributed by atoms with Crippen LogP contribution in [0, 0.1) is 10.8 Å². The van der Waals surface area contributed by atoms with E-state index in [4.69, 9.17) is 5.11 Å². The number of hydrogen-bond acceptors (Lipinski definition) is 1. The highest BCUT2D eigenvalue weighted by atomic mass is 19.1. The van der Waals surface area contributed by atoms with Crippen LogP contribution in [0.25, 0.3) is 0 Å². The molecular formula is C11H17FO2. The van der Waals surface area contributed by atoms with Crippen LogP contribution in [-0.2, 0) is 4.79 Å². The molecule has 0 aromatic carbocycles. The predicted molar refractivity (Wildman–Crippen MR) is 50.8 cm³/mol. The molecule has 0 aromatic heterocycles. The van der Waals surface area contributed by atoms with E-state index in [9.17, 15) is 9.18 Å². The quantitative estimate of drug-likeness (QED) is 0.669. The Morgan fingerprint density at radius 1 is 1.21 bits per heavy atom. The number of hydrogen-bond donors (Lipinski definition) is 1. The predicted octanol–water partition coefficient (Wildman–Crippen LogP) is 2.77. The van der Waals surface area contributed by atoms with Crippen LogP contribution in [0.5, 0.6) is 0 Å². The third kappa shape index (κ3) is 1.33. The molecule has 0 spiro atoms. The fourth-order valence-electron chi connectivity index (χ4n) is 3.26. The van der Waals surface area contributed by atoms with Crippen molar-refractivity contribution in [2.75, 3.05) is 6.67 Å². The van der Waals surface area contributed by atoms with E-state index in [1.54, 1.807) is 0 Å². The van der Waals surface area contributed by atoms with E-state index < -0.39 is 5.97 Å². The zero-order valence-electron chi connectivity index (χ0n) is 8.39. The highest BCUT2D eigenvalue weighted by Crippen LogP contribution is 2.75. The molecule has 0 radical (unpaired) electrons. The number of rotatable bonds is 6. The van der Waals surface area contributed by atoms with Gasteiger partial charge >= 0.3 is 5.97 Å². The van der Waals surface area contributed by atoms with Crippen molar-refractivity contribution in [1.29, 1.82) is 0 Å². The van der Waals surface area contributed by atoms with Gasteiger partial charge in [0.15, 0.2) is 0 Å². The van der Waals surface area contributed by atoms with Gasteiger partial charge in [0.25, 0.3) is 0 Å². The van der Waals surface area contributed by atoms with E-state index >= 15 is 0 Å². The Balaban J connectivity index is 1.66. The van der Waals surface area contributed by atoms with E-state index in [2.05, 4.69) is 0 Å². The topological polar surface area (TPSA) is 37.3 Å². The number of aliphatic carboxylic acids is 1. The minimum atomic E-state index is -0.608. The van der Waals surface area contributed by atoms with E-state index in [0.717, 1.165) is 38.5 Å². The first-order chi connectivity index (χ1) is 6.63. The van der Waals surface area contributed by atoms with Gasteiger partial charge < -0.3 is 5.11 Å². The molecule has 0 aliphatic heterocycles. The van der Waals surface area contributed by atoms with Crippen LogP contribution < -0.4 is 0 Å². The summed E-state index contributed by atoms with van der Waals surface area (Å²) in [5, 5.41) is 8.90. The average Bonchev–Trinajstić information content (AvgIpc) is 1.97. The first-order valence-electron chi connectivity index (χ1n) is 5.42. The molecular weight excluding hydrogens is 183 g/mol. The number of unbranched alkanes of at least 4 members (excludes halogenated alkanes) is 2. The van der Waals surface area contributed by atoms with Crippen LogP contribution >= 0.6 is 0 Å². The van der Waals surface area contributed by atoms with Crippen LogP contribution in [-0.4, -0.2) is 17.8 Å². The van der Waals surface area contributed by atoms with Gasteiger partial charge in [-0.1, -0.05) is 12.8 Å². The Morgan fingerprint density at radius 2 is 1.86 bits per heavy atom. The van der Waals surface area contributed by atoms with E-state index in [-0.39, 0.29) is 12.1 Å². The van der Waals surface area contributed by atoms with Crippen molar-refractivity contribution in [2.45, 2.75) is 44.9 Å². The smallest absolute Gasteiger partial charge is 0.309 e. The summed E-state index contributed by atoms with van der Waals surface area (Å²) in [7, 11) is 0. The monoisotopic (exact) mass is 200 g/mol. The molecule has 1 N–H and O–H groups in total. The molecule has 80 valence electrons. The largest absolute Gasteiger partial charge is 0.481 e. The van der Waals surface area contributed by atoms with Crippen molar-refractivity contribution in [3.63, 3.8) is 0 Å². The first kappa shape index (κ1) is 9.94. The molecule has 2 nitrogen and oxygen atoms in total. The fraction of sp³-hybridized carbons (Fsp3) is 0.909.